The standard InChI is InChI=1S/C12H15F3N2O2/c1-8(3-2-4-11(18)19)17-10-6-5-9(7-16-10)12(13,14)15/h5-8H,2-4H2,1H3,(H,16,17)(H,18,19). The fourth-order valence-corrected chi connectivity index (χ4v) is 1.53. The number of anilines is 1. The first kappa shape index (κ1) is 15.3. The summed E-state index contributed by atoms with van der Waals surface area (Å²) >= 11 is 0. The van der Waals surface area contributed by atoms with E-state index < -0.39 is 17.7 Å². The fraction of sp³-hybridized carbons (Fsp3) is 0.500. The second-order valence-corrected chi connectivity index (χ2v) is 4.26. The highest BCUT2D eigenvalue weighted by molar-refractivity contribution is 5.66. The number of nitrogens with zero attached hydrogens (tertiary/aromatic N) is 1. The molecule has 0 bridgehead atoms. The van der Waals surface area contributed by atoms with Crippen LogP contribution in [0, 0.1) is 0 Å². The zero-order valence-corrected chi connectivity index (χ0v) is 10.4. The molecule has 1 rings (SSSR count). The number of carboxylic acid groups (broad SMARTS) is 1. The second kappa shape index (κ2) is 6.40. The van der Waals surface area contributed by atoms with Crippen LogP contribution in [-0.4, -0.2) is 22.1 Å². The monoisotopic (exact) mass is 276 g/mol. The molecule has 0 fully saturated rings. The summed E-state index contributed by atoms with van der Waals surface area (Å²) in [6.45, 7) is 1.82. The smallest absolute Gasteiger partial charge is 0.417 e. The average Bonchev–Trinajstić information content (AvgIpc) is 2.27. The molecule has 0 saturated heterocycles. The van der Waals surface area contributed by atoms with Gasteiger partial charge < -0.3 is 10.4 Å². The zero-order valence-electron chi connectivity index (χ0n) is 10.4. The Bertz CT molecular complexity index is 418. The van der Waals surface area contributed by atoms with Crippen LogP contribution in [0.5, 0.6) is 0 Å². The lowest BCUT2D eigenvalue weighted by Crippen LogP contribution is -2.16. The molecule has 4 nitrogen and oxygen atoms in total. The second-order valence-electron chi connectivity index (χ2n) is 4.26. The Balaban J connectivity index is 2.47. The van der Waals surface area contributed by atoms with E-state index in [9.17, 15) is 18.0 Å². The highest BCUT2D eigenvalue weighted by Crippen LogP contribution is 2.28. The zero-order chi connectivity index (χ0) is 14.5. The molecule has 0 aromatic carbocycles. The summed E-state index contributed by atoms with van der Waals surface area (Å²) in [5, 5.41) is 11.4. The summed E-state index contributed by atoms with van der Waals surface area (Å²) in [5.41, 5.74) is -0.795. The van der Waals surface area contributed by atoms with Crippen molar-refractivity contribution in [2.45, 2.75) is 38.4 Å². The largest absolute Gasteiger partial charge is 0.481 e. The third-order valence-electron chi connectivity index (χ3n) is 2.51. The van der Waals surface area contributed by atoms with Gasteiger partial charge in [0.25, 0.3) is 0 Å². The Morgan fingerprint density at radius 3 is 2.63 bits per heavy atom. The molecule has 1 heterocycles. The number of carbonyl (C=O) groups is 1. The van der Waals surface area contributed by atoms with E-state index in [1.807, 2.05) is 6.92 Å². The maximum absolute atomic E-state index is 12.3. The van der Waals surface area contributed by atoms with E-state index >= 15 is 0 Å². The molecule has 1 aromatic rings. The molecule has 0 radical (unpaired) electrons. The highest BCUT2D eigenvalue weighted by Gasteiger charge is 2.30. The van der Waals surface area contributed by atoms with Gasteiger partial charge >= 0.3 is 12.1 Å². The number of aromatic nitrogens is 1. The topological polar surface area (TPSA) is 62.2 Å². The van der Waals surface area contributed by atoms with Gasteiger partial charge in [0.15, 0.2) is 0 Å². The molecular formula is C12H15F3N2O2. The molecule has 1 atom stereocenters. The predicted molar refractivity (Wildman–Crippen MR) is 63.8 cm³/mol. The van der Waals surface area contributed by atoms with Crippen LogP contribution in [0.15, 0.2) is 18.3 Å². The summed E-state index contributed by atoms with van der Waals surface area (Å²) in [7, 11) is 0. The van der Waals surface area contributed by atoms with Gasteiger partial charge in [0.05, 0.1) is 5.56 Å². The van der Waals surface area contributed by atoms with Crippen LogP contribution in [0.25, 0.3) is 0 Å². The van der Waals surface area contributed by atoms with Gasteiger partial charge in [-0.2, -0.15) is 13.2 Å². The first-order chi connectivity index (χ1) is 8.79. The van der Waals surface area contributed by atoms with Crippen molar-refractivity contribution in [3.05, 3.63) is 23.9 Å². The molecule has 2 N–H and O–H groups in total. The minimum atomic E-state index is -4.39. The number of nitrogens with one attached hydrogen (secondary N) is 1. The van der Waals surface area contributed by atoms with E-state index in [0.29, 0.717) is 18.7 Å². The molecule has 0 saturated carbocycles. The number of hydrogen-bond acceptors (Lipinski definition) is 3. The van der Waals surface area contributed by atoms with Crippen LogP contribution in [-0.2, 0) is 11.0 Å². The molecule has 0 aliphatic rings. The Hall–Kier alpha value is -1.79. The van der Waals surface area contributed by atoms with Crippen molar-refractivity contribution in [2.75, 3.05) is 5.32 Å². The minimum absolute atomic E-state index is 0.0522. The molecule has 1 unspecified atom stereocenters. The van der Waals surface area contributed by atoms with E-state index in [1.165, 1.54) is 6.07 Å². The van der Waals surface area contributed by atoms with E-state index in [0.717, 1.165) is 12.3 Å². The number of alkyl halides is 3. The van der Waals surface area contributed by atoms with Crippen LogP contribution >= 0.6 is 0 Å². The Labute approximate surface area is 108 Å². The lowest BCUT2D eigenvalue weighted by Gasteiger charge is -2.14. The summed E-state index contributed by atoms with van der Waals surface area (Å²) in [5.74, 6) is -0.518. The quantitative estimate of drug-likeness (QED) is 0.837. The van der Waals surface area contributed by atoms with Gasteiger partial charge in [-0.1, -0.05) is 0 Å². The van der Waals surface area contributed by atoms with Gasteiger partial charge in [-0.25, -0.2) is 4.98 Å². The van der Waals surface area contributed by atoms with Crippen LogP contribution in [0.2, 0.25) is 0 Å². The Morgan fingerprint density at radius 1 is 1.47 bits per heavy atom. The molecule has 7 heteroatoms. The van der Waals surface area contributed by atoms with Crippen LogP contribution in [0.4, 0.5) is 19.0 Å². The highest BCUT2D eigenvalue weighted by atomic mass is 19.4. The van der Waals surface area contributed by atoms with Crippen molar-refractivity contribution in [3.63, 3.8) is 0 Å². The van der Waals surface area contributed by atoms with Gasteiger partial charge in [0, 0.05) is 18.7 Å². The van der Waals surface area contributed by atoms with Gasteiger partial charge in [-0.3, -0.25) is 4.79 Å². The van der Waals surface area contributed by atoms with Crippen molar-refractivity contribution in [1.29, 1.82) is 0 Å². The minimum Gasteiger partial charge on any atom is -0.481 e. The van der Waals surface area contributed by atoms with Gasteiger partial charge in [-0.05, 0) is 31.9 Å². The third kappa shape index (κ3) is 5.58. The van der Waals surface area contributed by atoms with Gasteiger partial charge in [0.2, 0.25) is 0 Å². The van der Waals surface area contributed by atoms with Crippen LogP contribution < -0.4 is 5.32 Å². The van der Waals surface area contributed by atoms with Crippen molar-refractivity contribution in [2.24, 2.45) is 0 Å². The molecule has 1 aromatic heterocycles. The molecule has 0 aliphatic carbocycles. The first-order valence-corrected chi connectivity index (χ1v) is 5.80. The molecule has 0 amide bonds. The average molecular weight is 276 g/mol. The van der Waals surface area contributed by atoms with Crippen molar-refractivity contribution >= 4 is 11.8 Å². The molecular weight excluding hydrogens is 261 g/mol. The van der Waals surface area contributed by atoms with E-state index in [1.54, 1.807) is 0 Å². The third-order valence-corrected chi connectivity index (χ3v) is 2.51. The molecule has 0 aliphatic heterocycles. The van der Waals surface area contributed by atoms with Crippen molar-refractivity contribution in [1.82, 2.24) is 4.98 Å². The lowest BCUT2D eigenvalue weighted by molar-refractivity contribution is -0.138. The van der Waals surface area contributed by atoms with Gasteiger partial charge in [0.1, 0.15) is 5.82 Å². The Kier molecular flexibility index (Phi) is 5.14. The summed E-state index contributed by atoms with van der Waals surface area (Å²) in [6.07, 6.45) is -2.43. The summed E-state index contributed by atoms with van der Waals surface area (Å²) in [6, 6.07) is 2.17. The van der Waals surface area contributed by atoms with Crippen LogP contribution in [0.1, 0.15) is 31.7 Å². The number of aliphatic carboxylic acids is 1. The lowest BCUT2D eigenvalue weighted by atomic mass is 10.1. The van der Waals surface area contributed by atoms with E-state index in [-0.39, 0.29) is 12.5 Å². The summed E-state index contributed by atoms with van der Waals surface area (Å²) < 4.78 is 36.9. The number of halogens is 3. The first-order valence-electron chi connectivity index (χ1n) is 5.80. The molecule has 19 heavy (non-hydrogen) atoms. The predicted octanol–water partition coefficient (Wildman–Crippen LogP) is 3.16. The summed E-state index contributed by atoms with van der Waals surface area (Å²) in [4.78, 5) is 14.0. The number of rotatable bonds is 6. The fourth-order valence-electron chi connectivity index (χ4n) is 1.53. The number of pyridine rings is 1. The normalized spacial score (nSPS) is 13.1. The maximum atomic E-state index is 12.3. The molecule has 106 valence electrons. The number of hydrogen-bond donors (Lipinski definition) is 2. The van der Waals surface area contributed by atoms with E-state index in [2.05, 4.69) is 10.3 Å². The molecule has 0 spiro atoms. The Morgan fingerprint density at radius 2 is 2.16 bits per heavy atom. The SMILES string of the molecule is CC(CCCC(=O)O)Nc1ccc(C(F)(F)F)cn1. The van der Waals surface area contributed by atoms with Crippen LogP contribution in [0.3, 0.4) is 0 Å². The number of carboxylic acids is 1. The van der Waals surface area contributed by atoms with E-state index in [4.69, 9.17) is 5.11 Å². The maximum Gasteiger partial charge on any atom is 0.417 e. The van der Waals surface area contributed by atoms with Gasteiger partial charge in [-0.15, -0.1) is 0 Å². The van der Waals surface area contributed by atoms with Crippen molar-refractivity contribution in [3.8, 4) is 0 Å². The van der Waals surface area contributed by atoms with Crippen molar-refractivity contribution < 1.29 is 23.1 Å².